The van der Waals surface area contributed by atoms with Crippen LogP contribution < -0.4 is 29.0 Å². The van der Waals surface area contributed by atoms with E-state index in [1.54, 1.807) is 12.1 Å². The van der Waals surface area contributed by atoms with Gasteiger partial charge in [-0.05, 0) is 18.2 Å². The number of rotatable bonds is 8. The van der Waals surface area contributed by atoms with E-state index < -0.39 is 12.5 Å². The first-order valence-electron chi connectivity index (χ1n) is 7.67. The second-order valence-corrected chi connectivity index (χ2v) is 5.11. The van der Waals surface area contributed by atoms with E-state index in [4.69, 9.17) is 18.9 Å². The molecule has 0 radical (unpaired) electrons. The maximum Gasteiger partial charge on any atom is 0.387 e. The molecule has 1 amide bonds. The number of methoxy groups -OCH3 is 4. The molecule has 0 aliphatic carbocycles. The zero-order chi connectivity index (χ0) is 20.0. The van der Waals surface area contributed by atoms with Crippen molar-refractivity contribution in [2.45, 2.75) is 6.61 Å². The van der Waals surface area contributed by atoms with Gasteiger partial charge in [0.25, 0.3) is 5.91 Å². The molecule has 9 heteroatoms. The van der Waals surface area contributed by atoms with E-state index in [0.717, 1.165) is 6.07 Å². The van der Waals surface area contributed by atoms with Gasteiger partial charge in [-0.3, -0.25) is 4.79 Å². The van der Waals surface area contributed by atoms with Crippen molar-refractivity contribution in [1.82, 2.24) is 0 Å². The van der Waals surface area contributed by atoms with E-state index in [1.807, 2.05) is 0 Å². The largest absolute Gasteiger partial charge is 0.493 e. The minimum atomic E-state index is -3.05. The first kappa shape index (κ1) is 20.1. The lowest BCUT2D eigenvalue weighted by molar-refractivity contribution is -0.0512. The summed E-state index contributed by atoms with van der Waals surface area (Å²) >= 11 is 0. The summed E-state index contributed by atoms with van der Waals surface area (Å²) in [5.74, 6) is 0.359. The minimum absolute atomic E-state index is 0.0830. The van der Waals surface area contributed by atoms with Crippen molar-refractivity contribution in [3.8, 4) is 28.7 Å². The molecule has 0 aliphatic heterocycles. The Balaban J connectivity index is 2.32. The van der Waals surface area contributed by atoms with Crippen LogP contribution in [0.15, 0.2) is 30.3 Å². The second-order valence-electron chi connectivity index (χ2n) is 5.11. The molecule has 1 N–H and O–H groups in total. The number of benzene rings is 2. The van der Waals surface area contributed by atoms with E-state index in [0.29, 0.717) is 22.9 Å². The third-order valence-corrected chi connectivity index (χ3v) is 3.56. The Morgan fingerprint density at radius 1 is 0.852 bits per heavy atom. The Kier molecular flexibility index (Phi) is 6.64. The molecule has 0 heterocycles. The van der Waals surface area contributed by atoms with Gasteiger partial charge in [0, 0.05) is 23.4 Å². The molecular weight excluding hydrogens is 364 g/mol. The van der Waals surface area contributed by atoms with Gasteiger partial charge in [-0.15, -0.1) is 0 Å². The maximum atomic E-state index is 12.5. The molecule has 0 saturated heterocycles. The molecule has 7 nitrogen and oxygen atoms in total. The Labute approximate surface area is 154 Å². The lowest BCUT2D eigenvalue weighted by Crippen LogP contribution is -2.13. The van der Waals surface area contributed by atoms with Gasteiger partial charge in [-0.25, -0.2) is 0 Å². The molecular formula is C18H19F2NO6. The van der Waals surface area contributed by atoms with Crippen molar-refractivity contribution in [3.63, 3.8) is 0 Å². The van der Waals surface area contributed by atoms with E-state index in [9.17, 15) is 13.6 Å². The van der Waals surface area contributed by atoms with Crippen molar-refractivity contribution in [2.75, 3.05) is 33.8 Å². The number of anilines is 1. The van der Waals surface area contributed by atoms with Crippen LogP contribution in [0.2, 0.25) is 0 Å². The van der Waals surface area contributed by atoms with Gasteiger partial charge in [0.05, 0.1) is 28.4 Å². The van der Waals surface area contributed by atoms with Crippen molar-refractivity contribution in [1.29, 1.82) is 0 Å². The molecule has 2 aromatic rings. The monoisotopic (exact) mass is 383 g/mol. The highest BCUT2D eigenvalue weighted by atomic mass is 19.3. The number of halogens is 2. The van der Waals surface area contributed by atoms with Crippen LogP contribution in [0, 0.1) is 0 Å². The van der Waals surface area contributed by atoms with E-state index in [2.05, 4.69) is 10.1 Å². The highest BCUT2D eigenvalue weighted by molar-refractivity contribution is 6.05. The van der Waals surface area contributed by atoms with Crippen LogP contribution >= 0.6 is 0 Å². The Morgan fingerprint density at radius 2 is 1.44 bits per heavy atom. The Hall–Kier alpha value is -3.23. The average molecular weight is 383 g/mol. The minimum Gasteiger partial charge on any atom is -0.493 e. The number of amides is 1. The third kappa shape index (κ3) is 4.69. The van der Waals surface area contributed by atoms with Gasteiger partial charge in [0.15, 0.2) is 23.0 Å². The average Bonchev–Trinajstić information content (AvgIpc) is 2.66. The van der Waals surface area contributed by atoms with Crippen LogP contribution in [0.3, 0.4) is 0 Å². The number of ether oxygens (including phenoxy) is 5. The molecule has 0 atom stereocenters. The van der Waals surface area contributed by atoms with Gasteiger partial charge in [-0.1, -0.05) is 0 Å². The quantitative estimate of drug-likeness (QED) is 0.751. The Morgan fingerprint density at radius 3 is 1.93 bits per heavy atom. The third-order valence-electron chi connectivity index (χ3n) is 3.56. The summed E-state index contributed by atoms with van der Waals surface area (Å²) in [6.07, 6.45) is 0. The van der Waals surface area contributed by atoms with Crippen LogP contribution in [-0.4, -0.2) is 41.0 Å². The van der Waals surface area contributed by atoms with Crippen LogP contribution in [0.4, 0.5) is 14.5 Å². The fourth-order valence-corrected chi connectivity index (χ4v) is 2.36. The molecule has 27 heavy (non-hydrogen) atoms. The van der Waals surface area contributed by atoms with Crippen molar-refractivity contribution in [3.05, 3.63) is 35.9 Å². The van der Waals surface area contributed by atoms with Crippen LogP contribution in [0.1, 0.15) is 10.4 Å². The van der Waals surface area contributed by atoms with E-state index >= 15 is 0 Å². The molecule has 0 saturated carbocycles. The molecule has 2 rings (SSSR count). The predicted octanol–water partition coefficient (Wildman–Crippen LogP) is 3.57. The zero-order valence-corrected chi connectivity index (χ0v) is 15.2. The smallest absolute Gasteiger partial charge is 0.387 e. The van der Waals surface area contributed by atoms with Crippen molar-refractivity contribution in [2.24, 2.45) is 0 Å². The molecule has 0 fully saturated rings. The van der Waals surface area contributed by atoms with Crippen LogP contribution in [-0.2, 0) is 0 Å². The summed E-state index contributed by atoms with van der Waals surface area (Å²) in [5.41, 5.74) is 0.460. The molecule has 0 bridgehead atoms. The fraction of sp³-hybridized carbons (Fsp3) is 0.278. The topological polar surface area (TPSA) is 75.3 Å². The molecule has 0 aliphatic rings. The maximum absolute atomic E-state index is 12.5. The number of alkyl halides is 2. The number of hydrogen-bond donors (Lipinski definition) is 1. The van der Waals surface area contributed by atoms with E-state index in [-0.39, 0.29) is 17.1 Å². The molecule has 2 aromatic carbocycles. The summed E-state index contributed by atoms with van der Waals surface area (Å²) < 4.78 is 50.1. The van der Waals surface area contributed by atoms with Crippen molar-refractivity contribution < 1.29 is 37.3 Å². The van der Waals surface area contributed by atoms with Crippen molar-refractivity contribution >= 4 is 11.6 Å². The van der Waals surface area contributed by atoms with E-state index in [1.165, 1.54) is 40.6 Å². The number of carbonyl (C=O) groups is 1. The van der Waals surface area contributed by atoms with Crippen LogP contribution in [0.25, 0.3) is 0 Å². The van der Waals surface area contributed by atoms with Gasteiger partial charge in [0.1, 0.15) is 0 Å². The molecule has 0 unspecified atom stereocenters. The van der Waals surface area contributed by atoms with Gasteiger partial charge in [0.2, 0.25) is 5.75 Å². The first-order valence-corrected chi connectivity index (χ1v) is 7.67. The summed E-state index contributed by atoms with van der Waals surface area (Å²) in [5, 5.41) is 2.64. The first-order chi connectivity index (χ1) is 12.9. The lowest BCUT2D eigenvalue weighted by atomic mass is 10.1. The number of nitrogens with one attached hydrogen (secondary N) is 1. The molecule has 0 aromatic heterocycles. The Bertz CT molecular complexity index is 787. The SMILES string of the molecule is COc1ccc(C(=O)Nc2cc(OC)c(OC)c(OC)c2)cc1OC(F)F. The van der Waals surface area contributed by atoms with Gasteiger partial charge < -0.3 is 29.0 Å². The highest BCUT2D eigenvalue weighted by Gasteiger charge is 2.17. The molecule has 146 valence electrons. The summed E-state index contributed by atoms with van der Waals surface area (Å²) in [7, 11) is 5.66. The summed E-state index contributed by atoms with van der Waals surface area (Å²) in [4.78, 5) is 12.5. The lowest BCUT2D eigenvalue weighted by Gasteiger charge is -2.15. The second kappa shape index (κ2) is 8.93. The molecule has 0 spiro atoms. The van der Waals surface area contributed by atoms with Crippen LogP contribution in [0.5, 0.6) is 28.7 Å². The number of carbonyl (C=O) groups excluding carboxylic acids is 1. The number of hydrogen-bond acceptors (Lipinski definition) is 6. The standard InChI is InChI=1S/C18H19F2NO6/c1-23-12-6-5-10(7-13(12)27-18(19)20)17(22)21-11-8-14(24-2)16(26-4)15(9-11)25-3/h5-9,18H,1-4H3,(H,21,22). The van der Waals surface area contributed by atoms with Gasteiger partial charge in [-0.2, -0.15) is 8.78 Å². The normalized spacial score (nSPS) is 10.3. The van der Waals surface area contributed by atoms with Gasteiger partial charge >= 0.3 is 6.61 Å². The summed E-state index contributed by atoms with van der Waals surface area (Å²) in [6, 6.07) is 7.03. The zero-order valence-electron chi connectivity index (χ0n) is 15.2. The summed E-state index contributed by atoms with van der Waals surface area (Å²) in [6.45, 7) is -3.05. The highest BCUT2D eigenvalue weighted by Crippen LogP contribution is 2.40. The fourth-order valence-electron chi connectivity index (χ4n) is 2.36. The predicted molar refractivity (Wildman–Crippen MR) is 93.7 cm³/mol.